The van der Waals surface area contributed by atoms with Gasteiger partial charge in [0.05, 0.1) is 12.5 Å². The molecule has 1 aliphatic rings. The van der Waals surface area contributed by atoms with Crippen LogP contribution < -0.4 is 5.32 Å². The predicted molar refractivity (Wildman–Crippen MR) is 75.7 cm³/mol. The standard InChI is InChI=1S/C16H20F3NO2/c17-16(18,19)14-7-2-1-6-13(14)15(22)20-9-11-4-3-5-12(8-11)10-21/h3-5,8,13-14,21H,1-2,6-7,9-10H2,(H,20,22)/t13-,14-/m1/s1. The lowest BCUT2D eigenvalue weighted by atomic mass is 9.78. The van der Waals surface area contributed by atoms with Gasteiger partial charge in [-0.2, -0.15) is 13.2 Å². The number of rotatable bonds is 4. The summed E-state index contributed by atoms with van der Waals surface area (Å²) < 4.78 is 39.0. The Morgan fingerprint density at radius 3 is 2.59 bits per heavy atom. The number of hydrogen-bond acceptors (Lipinski definition) is 2. The van der Waals surface area contributed by atoms with E-state index in [0.717, 1.165) is 5.56 Å². The molecule has 1 amide bonds. The minimum Gasteiger partial charge on any atom is -0.392 e. The van der Waals surface area contributed by atoms with Crippen LogP contribution in [0.15, 0.2) is 24.3 Å². The molecule has 2 atom stereocenters. The molecule has 0 spiro atoms. The molecule has 0 bridgehead atoms. The van der Waals surface area contributed by atoms with E-state index in [1.807, 2.05) is 0 Å². The smallest absolute Gasteiger partial charge is 0.392 e. The van der Waals surface area contributed by atoms with Gasteiger partial charge >= 0.3 is 6.18 Å². The summed E-state index contributed by atoms with van der Waals surface area (Å²) in [5.41, 5.74) is 1.47. The highest BCUT2D eigenvalue weighted by Gasteiger charge is 2.47. The van der Waals surface area contributed by atoms with Gasteiger partial charge in [-0.25, -0.2) is 0 Å². The molecule has 6 heteroatoms. The monoisotopic (exact) mass is 315 g/mol. The highest BCUT2D eigenvalue weighted by Crippen LogP contribution is 2.41. The number of aliphatic hydroxyl groups is 1. The van der Waals surface area contributed by atoms with Gasteiger partial charge < -0.3 is 10.4 Å². The molecule has 0 heterocycles. The minimum atomic E-state index is -4.32. The molecule has 1 fully saturated rings. The molecule has 0 saturated heterocycles. The SMILES string of the molecule is O=C(NCc1cccc(CO)c1)[C@@H]1CCCC[C@H]1C(F)(F)F. The first kappa shape index (κ1) is 16.8. The van der Waals surface area contributed by atoms with Crippen LogP contribution in [0, 0.1) is 11.8 Å². The highest BCUT2D eigenvalue weighted by atomic mass is 19.4. The Hall–Kier alpha value is -1.56. The molecule has 0 radical (unpaired) electrons. The van der Waals surface area contributed by atoms with Crippen molar-refractivity contribution in [3.05, 3.63) is 35.4 Å². The minimum absolute atomic E-state index is 0.0293. The van der Waals surface area contributed by atoms with Crippen LogP contribution in [-0.4, -0.2) is 17.2 Å². The first-order valence-corrected chi connectivity index (χ1v) is 7.45. The lowest BCUT2D eigenvalue weighted by Gasteiger charge is -2.32. The molecule has 1 saturated carbocycles. The first-order valence-electron chi connectivity index (χ1n) is 7.45. The second-order valence-corrected chi connectivity index (χ2v) is 5.73. The van der Waals surface area contributed by atoms with Gasteiger partial charge in [0, 0.05) is 12.5 Å². The fraction of sp³-hybridized carbons (Fsp3) is 0.562. The zero-order chi connectivity index (χ0) is 16.2. The fourth-order valence-corrected chi connectivity index (χ4v) is 2.99. The van der Waals surface area contributed by atoms with Crippen LogP contribution >= 0.6 is 0 Å². The van der Waals surface area contributed by atoms with Gasteiger partial charge in [0.2, 0.25) is 5.91 Å². The number of carbonyl (C=O) groups is 1. The van der Waals surface area contributed by atoms with Crippen LogP contribution in [0.25, 0.3) is 0 Å². The average molecular weight is 315 g/mol. The van der Waals surface area contributed by atoms with Crippen LogP contribution in [0.2, 0.25) is 0 Å². The van der Waals surface area contributed by atoms with Crippen molar-refractivity contribution >= 4 is 5.91 Å². The first-order chi connectivity index (χ1) is 10.4. The Balaban J connectivity index is 1.98. The van der Waals surface area contributed by atoms with E-state index in [1.165, 1.54) is 0 Å². The van der Waals surface area contributed by atoms with Gasteiger partial charge in [0.1, 0.15) is 0 Å². The van der Waals surface area contributed by atoms with Crippen molar-refractivity contribution in [3.8, 4) is 0 Å². The van der Waals surface area contributed by atoms with Crippen molar-refractivity contribution in [2.75, 3.05) is 0 Å². The van der Waals surface area contributed by atoms with Crippen LogP contribution in [-0.2, 0) is 17.9 Å². The number of benzene rings is 1. The summed E-state index contributed by atoms with van der Waals surface area (Å²) in [4.78, 5) is 12.1. The molecule has 3 nitrogen and oxygen atoms in total. The van der Waals surface area contributed by atoms with E-state index in [-0.39, 0.29) is 26.0 Å². The molecule has 1 aromatic rings. The Labute approximate surface area is 127 Å². The lowest BCUT2D eigenvalue weighted by Crippen LogP contribution is -2.42. The number of aliphatic hydroxyl groups excluding tert-OH is 1. The maximum atomic E-state index is 13.0. The number of halogens is 3. The summed E-state index contributed by atoms with van der Waals surface area (Å²) in [5, 5.41) is 11.7. The molecule has 2 rings (SSSR count). The van der Waals surface area contributed by atoms with Gasteiger partial charge in [-0.3, -0.25) is 4.79 Å². The van der Waals surface area contributed by atoms with Crippen molar-refractivity contribution in [3.63, 3.8) is 0 Å². The third-order valence-corrected chi connectivity index (χ3v) is 4.16. The van der Waals surface area contributed by atoms with E-state index >= 15 is 0 Å². The number of nitrogens with one attached hydrogen (secondary N) is 1. The zero-order valence-corrected chi connectivity index (χ0v) is 12.2. The van der Waals surface area contributed by atoms with E-state index < -0.39 is 23.9 Å². The third-order valence-electron chi connectivity index (χ3n) is 4.16. The van der Waals surface area contributed by atoms with Crippen molar-refractivity contribution in [2.24, 2.45) is 11.8 Å². The number of hydrogen-bond donors (Lipinski definition) is 2. The quantitative estimate of drug-likeness (QED) is 0.896. The number of amides is 1. The summed E-state index contributed by atoms with van der Waals surface area (Å²) in [6.45, 7) is 0.0638. The van der Waals surface area contributed by atoms with Crippen molar-refractivity contribution in [1.29, 1.82) is 0 Å². The Kier molecular flexibility index (Phi) is 5.45. The van der Waals surface area contributed by atoms with Crippen molar-refractivity contribution < 1.29 is 23.1 Å². The molecule has 0 unspecified atom stereocenters. The van der Waals surface area contributed by atoms with Crippen LogP contribution in [0.4, 0.5) is 13.2 Å². The van der Waals surface area contributed by atoms with Crippen LogP contribution in [0.1, 0.15) is 36.8 Å². The summed E-state index contributed by atoms with van der Waals surface area (Å²) >= 11 is 0. The third kappa shape index (κ3) is 4.22. The Bertz CT molecular complexity index is 516. The van der Waals surface area contributed by atoms with Gasteiger partial charge in [0.25, 0.3) is 0 Å². The molecule has 122 valence electrons. The Morgan fingerprint density at radius 1 is 1.23 bits per heavy atom. The molecule has 0 aromatic heterocycles. The number of alkyl halides is 3. The predicted octanol–water partition coefficient (Wildman–Crippen LogP) is 3.16. The molecule has 22 heavy (non-hydrogen) atoms. The second kappa shape index (κ2) is 7.13. The average Bonchev–Trinajstić information content (AvgIpc) is 2.52. The molecular formula is C16H20F3NO2. The maximum Gasteiger partial charge on any atom is 0.392 e. The van der Waals surface area contributed by atoms with E-state index in [0.29, 0.717) is 18.4 Å². The van der Waals surface area contributed by atoms with E-state index in [9.17, 15) is 18.0 Å². The summed E-state index contributed by atoms with van der Waals surface area (Å²) in [6.07, 6.45) is -2.83. The van der Waals surface area contributed by atoms with Gasteiger partial charge in [-0.1, -0.05) is 37.1 Å². The van der Waals surface area contributed by atoms with Gasteiger partial charge in [0.15, 0.2) is 0 Å². The normalized spacial score (nSPS) is 22.4. The lowest BCUT2D eigenvalue weighted by molar-refractivity contribution is -0.198. The fourth-order valence-electron chi connectivity index (χ4n) is 2.99. The Morgan fingerprint density at radius 2 is 1.91 bits per heavy atom. The van der Waals surface area contributed by atoms with Crippen LogP contribution in [0.3, 0.4) is 0 Å². The second-order valence-electron chi connectivity index (χ2n) is 5.73. The number of carbonyl (C=O) groups excluding carboxylic acids is 1. The summed E-state index contributed by atoms with van der Waals surface area (Å²) in [5.74, 6) is -3.06. The summed E-state index contributed by atoms with van der Waals surface area (Å²) in [6, 6.07) is 6.97. The topological polar surface area (TPSA) is 49.3 Å². The van der Waals surface area contributed by atoms with Crippen molar-refractivity contribution in [2.45, 2.75) is 45.0 Å². The zero-order valence-electron chi connectivity index (χ0n) is 12.2. The maximum absolute atomic E-state index is 13.0. The van der Waals surface area contributed by atoms with Crippen LogP contribution in [0.5, 0.6) is 0 Å². The molecule has 0 aliphatic heterocycles. The van der Waals surface area contributed by atoms with E-state index in [4.69, 9.17) is 5.11 Å². The molecule has 1 aliphatic carbocycles. The largest absolute Gasteiger partial charge is 0.392 e. The van der Waals surface area contributed by atoms with E-state index in [1.54, 1.807) is 24.3 Å². The van der Waals surface area contributed by atoms with E-state index in [2.05, 4.69) is 5.32 Å². The molecule has 1 aromatic carbocycles. The van der Waals surface area contributed by atoms with Gasteiger partial charge in [-0.15, -0.1) is 0 Å². The van der Waals surface area contributed by atoms with Gasteiger partial charge in [-0.05, 0) is 24.0 Å². The van der Waals surface area contributed by atoms with Crippen molar-refractivity contribution in [1.82, 2.24) is 5.32 Å². The molecule has 2 N–H and O–H groups in total. The highest BCUT2D eigenvalue weighted by molar-refractivity contribution is 5.79. The summed E-state index contributed by atoms with van der Waals surface area (Å²) in [7, 11) is 0. The molecular weight excluding hydrogens is 295 g/mol.